The molecule has 0 aliphatic rings. The minimum atomic E-state index is -0.798. The zero-order valence-electron chi connectivity index (χ0n) is 7.01. The molecule has 5 nitrogen and oxygen atoms in total. The number of para-hydroxylation sites is 1. The largest absolute Gasteiger partial charge is 0.348 e. The van der Waals surface area contributed by atoms with Crippen LogP contribution in [0, 0.1) is 10.1 Å². The van der Waals surface area contributed by atoms with Gasteiger partial charge >= 0.3 is 11.6 Å². The zero-order valence-corrected chi connectivity index (χ0v) is 7.01. The van der Waals surface area contributed by atoms with Gasteiger partial charge in [0, 0.05) is 11.5 Å². The van der Waals surface area contributed by atoms with Gasteiger partial charge in [0.05, 0.1) is 10.4 Å². The summed E-state index contributed by atoms with van der Waals surface area (Å²) in [4.78, 5) is 13.3. The highest BCUT2D eigenvalue weighted by molar-refractivity contribution is 5.81. The SMILES string of the molecule is [O]c1nc2ccccc2cc1[N+](=O)[O-]. The van der Waals surface area contributed by atoms with Gasteiger partial charge in [0.1, 0.15) is 0 Å². The Morgan fingerprint density at radius 3 is 2.71 bits per heavy atom. The average Bonchev–Trinajstić information content (AvgIpc) is 2.16. The van der Waals surface area contributed by atoms with Gasteiger partial charge < -0.3 is 0 Å². The van der Waals surface area contributed by atoms with Crippen molar-refractivity contribution in [3.05, 3.63) is 40.4 Å². The fourth-order valence-corrected chi connectivity index (χ4v) is 1.22. The van der Waals surface area contributed by atoms with Crippen LogP contribution in [0.1, 0.15) is 0 Å². The van der Waals surface area contributed by atoms with Gasteiger partial charge in [-0.15, -0.1) is 0 Å². The fraction of sp³-hybridized carbons (Fsp3) is 0. The Hall–Kier alpha value is -2.17. The van der Waals surface area contributed by atoms with Gasteiger partial charge in [-0.3, -0.25) is 15.2 Å². The van der Waals surface area contributed by atoms with Crippen molar-refractivity contribution in [2.45, 2.75) is 0 Å². The Bertz CT molecular complexity index is 510. The van der Waals surface area contributed by atoms with Gasteiger partial charge in [0.2, 0.25) is 0 Å². The minimum absolute atomic E-state index is 0.475. The quantitative estimate of drug-likeness (QED) is 0.510. The van der Waals surface area contributed by atoms with Gasteiger partial charge in [-0.05, 0) is 6.07 Å². The van der Waals surface area contributed by atoms with Crippen LogP contribution >= 0.6 is 0 Å². The number of nitro groups is 1. The van der Waals surface area contributed by atoms with Crippen LogP contribution in [0.3, 0.4) is 0 Å². The van der Waals surface area contributed by atoms with E-state index in [1.54, 1.807) is 24.3 Å². The maximum Gasteiger partial charge on any atom is 0.348 e. The van der Waals surface area contributed by atoms with E-state index >= 15 is 0 Å². The molecule has 69 valence electrons. The molecule has 14 heavy (non-hydrogen) atoms. The lowest BCUT2D eigenvalue weighted by Crippen LogP contribution is -1.90. The fourth-order valence-electron chi connectivity index (χ4n) is 1.22. The van der Waals surface area contributed by atoms with Crippen LogP contribution < -0.4 is 0 Å². The number of pyridine rings is 1. The Balaban J connectivity index is 2.77. The van der Waals surface area contributed by atoms with Crippen LogP contribution in [0.5, 0.6) is 5.88 Å². The predicted octanol–water partition coefficient (Wildman–Crippen LogP) is 2.29. The van der Waals surface area contributed by atoms with Crippen molar-refractivity contribution in [3.63, 3.8) is 0 Å². The third kappa shape index (κ3) is 1.24. The molecule has 0 saturated heterocycles. The molecule has 0 unspecified atom stereocenters. The topological polar surface area (TPSA) is 75.9 Å². The predicted molar refractivity (Wildman–Crippen MR) is 48.5 cm³/mol. The van der Waals surface area contributed by atoms with Gasteiger partial charge in [-0.1, -0.05) is 18.2 Å². The standard InChI is InChI=1S/C9H5N2O3/c12-9-8(11(13)14)5-6-3-1-2-4-7(6)10-9/h1-5H. The van der Waals surface area contributed by atoms with Crippen molar-refractivity contribution in [2.24, 2.45) is 0 Å². The molecule has 0 N–H and O–H groups in total. The number of aromatic nitrogens is 1. The molecule has 1 heterocycles. The number of benzene rings is 1. The third-order valence-corrected chi connectivity index (χ3v) is 1.87. The zero-order chi connectivity index (χ0) is 10.1. The van der Waals surface area contributed by atoms with E-state index in [9.17, 15) is 15.2 Å². The summed E-state index contributed by atoms with van der Waals surface area (Å²) in [5.41, 5.74) is -0.00759. The van der Waals surface area contributed by atoms with E-state index in [4.69, 9.17) is 0 Å². The number of hydrogen-bond donors (Lipinski definition) is 0. The van der Waals surface area contributed by atoms with Crippen LogP contribution in [0.4, 0.5) is 5.69 Å². The average molecular weight is 189 g/mol. The Kier molecular flexibility index (Phi) is 1.78. The first-order valence-corrected chi connectivity index (χ1v) is 3.89. The summed E-state index contributed by atoms with van der Waals surface area (Å²) in [5, 5.41) is 22.1. The molecular weight excluding hydrogens is 184 g/mol. The molecule has 0 aliphatic heterocycles. The highest BCUT2D eigenvalue weighted by Gasteiger charge is 2.17. The number of nitrogens with zero attached hydrogens (tertiary/aromatic N) is 2. The van der Waals surface area contributed by atoms with Crippen molar-refractivity contribution in [1.29, 1.82) is 0 Å². The second-order valence-electron chi connectivity index (χ2n) is 2.76. The highest BCUT2D eigenvalue weighted by atomic mass is 16.6. The molecule has 0 saturated carbocycles. The number of rotatable bonds is 1. The molecule has 0 fully saturated rings. The summed E-state index contributed by atoms with van der Waals surface area (Å²) >= 11 is 0. The molecule has 0 bridgehead atoms. The Morgan fingerprint density at radius 2 is 2.00 bits per heavy atom. The summed E-state index contributed by atoms with van der Waals surface area (Å²) in [6.45, 7) is 0. The van der Waals surface area contributed by atoms with E-state index in [0.29, 0.717) is 10.9 Å². The van der Waals surface area contributed by atoms with Crippen LogP contribution in [0.25, 0.3) is 10.9 Å². The highest BCUT2D eigenvalue weighted by Crippen LogP contribution is 2.27. The van der Waals surface area contributed by atoms with Crippen LogP contribution in [-0.2, 0) is 5.11 Å². The third-order valence-electron chi connectivity index (χ3n) is 1.87. The lowest BCUT2D eigenvalue weighted by atomic mass is 10.2. The smallest absolute Gasteiger partial charge is 0.259 e. The van der Waals surface area contributed by atoms with Gasteiger partial charge in [0.25, 0.3) is 0 Å². The molecule has 0 aliphatic carbocycles. The van der Waals surface area contributed by atoms with E-state index in [0.717, 1.165) is 0 Å². The second kappa shape index (κ2) is 2.95. The molecule has 1 aromatic carbocycles. The molecule has 1 radical (unpaired) electrons. The molecule has 5 heteroatoms. The molecule has 0 spiro atoms. The van der Waals surface area contributed by atoms with Crippen LogP contribution in [0.15, 0.2) is 30.3 Å². The van der Waals surface area contributed by atoms with Crippen molar-refractivity contribution in [1.82, 2.24) is 4.98 Å². The maximum absolute atomic E-state index is 11.1. The number of fused-ring (bicyclic) bond motifs is 1. The summed E-state index contributed by atoms with van der Waals surface area (Å²) in [6, 6.07) is 8.01. The monoisotopic (exact) mass is 189 g/mol. The first-order valence-electron chi connectivity index (χ1n) is 3.89. The summed E-state index contributed by atoms with van der Waals surface area (Å²) in [6.07, 6.45) is 0. The van der Waals surface area contributed by atoms with Crippen molar-refractivity contribution in [3.8, 4) is 5.88 Å². The lowest BCUT2D eigenvalue weighted by molar-refractivity contribution is -0.386. The molecule has 0 atom stereocenters. The van der Waals surface area contributed by atoms with Crippen LogP contribution in [0.2, 0.25) is 0 Å². The summed E-state index contributed by atoms with van der Waals surface area (Å²) in [5.74, 6) is -0.798. The van der Waals surface area contributed by atoms with Gasteiger partial charge in [-0.2, -0.15) is 0 Å². The first-order chi connectivity index (χ1) is 6.68. The molecule has 0 amide bonds. The minimum Gasteiger partial charge on any atom is -0.259 e. The van der Waals surface area contributed by atoms with E-state index in [1.807, 2.05) is 0 Å². The van der Waals surface area contributed by atoms with E-state index in [-0.39, 0.29) is 0 Å². The maximum atomic E-state index is 11.1. The normalized spacial score (nSPS) is 10.3. The Labute approximate surface area is 78.8 Å². The first kappa shape index (κ1) is 8.43. The van der Waals surface area contributed by atoms with E-state index < -0.39 is 16.5 Å². The van der Waals surface area contributed by atoms with E-state index in [2.05, 4.69) is 4.98 Å². The van der Waals surface area contributed by atoms with Gasteiger partial charge in [0.15, 0.2) is 0 Å². The number of hydrogen-bond acceptors (Lipinski definition) is 3. The molecule has 1 aromatic heterocycles. The van der Waals surface area contributed by atoms with Crippen molar-refractivity contribution < 1.29 is 10.0 Å². The Morgan fingerprint density at radius 1 is 1.29 bits per heavy atom. The van der Waals surface area contributed by atoms with Crippen molar-refractivity contribution >= 4 is 16.6 Å². The lowest BCUT2D eigenvalue weighted by Gasteiger charge is -1.96. The van der Waals surface area contributed by atoms with Crippen molar-refractivity contribution in [2.75, 3.05) is 0 Å². The summed E-state index contributed by atoms with van der Waals surface area (Å²) in [7, 11) is 0. The molecular formula is C9H5N2O3. The molecule has 2 rings (SSSR count). The second-order valence-corrected chi connectivity index (χ2v) is 2.76. The van der Waals surface area contributed by atoms with E-state index in [1.165, 1.54) is 6.07 Å². The summed E-state index contributed by atoms with van der Waals surface area (Å²) < 4.78 is 0. The van der Waals surface area contributed by atoms with Crippen LogP contribution in [-0.4, -0.2) is 9.91 Å². The molecule has 2 aromatic rings. The van der Waals surface area contributed by atoms with Gasteiger partial charge in [-0.25, -0.2) is 4.98 Å².